The van der Waals surface area contributed by atoms with Gasteiger partial charge in [0.2, 0.25) is 0 Å². The first-order valence-corrected chi connectivity index (χ1v) is 7.25. The van der Waals surface area contributed by atoms with Gasteiger partial charge in [-0.3, -0.25) is 4.90 Å². The van der Waals surface area contributed by atoms with Crippen LogP contribution in [0.4, 0.5) is 4.79 Å². The Morgan fingerprint density at radius 1 is 1.23 bits per heavy atom. The molecule has 1 rings (SSSR count). The molecule has 0 fully saturated rings. The third-order valence-corrected chi connectivity index (χ3v) is 3.39. The van der Waals surface area contributed by atoms with Gasteiger partial charge in [-0.25, -0.2) is 9.59 Å². The van der Waals surface area contributed by atoms with Crippen molar-refractivity contribution in [2.24, 2.45) is 0 Å². The lowest BCUT2D eigenvalue weighted by molar-refractivity contribution is -0.153. The Labute approximate surface area is 130 Å². The number of hydrogen-bond donors (Lipinski definition) is 1. The maximum absolute atomic E-state index is 12.2. The lowest BCUT2D eigenvalue weighted by Gasteiger charge is -2.36. The SMILES string of the molecule is CCOCC(C)(C(=O)O)N(CC)C(=O)OCc1ccccc1. The summed E-state index contributed by atoms with van der Waals surface area (Å²) in [7, 11) is 0. The summed E-state index contributed by atoms with van der Waals surface area (Å²) in [6.07, 6.45) is -0.670. The fourth-order valence-corrected chi connectivity index (χ4v) is 2.03. The lowest BCUT2D eigenvalue weighted by atomic mass is 10.0. The highest BCUT2D eigenvalue weighted by Crippen LogP contribution is 2.18. The molecule has 1 aromatic carbocycles. The van der Waals surface area contributed by atoms with E-state index < -0.39 is 17.6 Å². The van der Waals surface area contributed by atoms with E-state index in [0.29, 0.717) is 6.61 Å². The van der Waals surface area contributed by atoms with Gasteiger partial charge in [-0.15, -0.1) is 0 Å². The molecule has 6 nitrogen and oxygen atoms in total. The van der Waals surface area contributed by atoms with E-state index in [1.165, 1.54) is 11.8 Å². The van der Waals surface area contributed by atoms with Gasteiger partial charge >= 0.3 is 12.1 Å². The Morgan fingerprint density at radius 3 is 2.36 bits per heavy atom. The molecule has 0 aliphatic heterocycles. The van der Waals surface area contributed by atoms with Gasteiger partial charge in [-0.1, -0.05) is 30.3 Å². The first kappa shape index (κ1) is 18.0. The Morgan fingerprint density at radius 2 is 1.86 bits per heavy atom. The van der Waals surface area contributed by atoms with Crippen molar-refractivity contribution >= 4 is 12.1 Å². The maximum Gasteiger partial charge on any atom is 0.411 e. The average molecular weight is 309 g/mol. The number of carbonyl (C=O) groups is 2. The van der Waals surface area contributed by atoms with Crippen LogP contribution in [0.25, 0.3) is 0 Å². The zero-order chi connectivity index (χ0) is 16.6. The second-order valence-corrected chi connectivity index (χ2v) is 5.00. The number of aliphatic carboxylic acids is 1. The molecule has 0 radical (unpaired) electrons. The molecule has 1 unspecified atom stereocenters. The molecule has 1 atom stereocenters. The molecule has 22 heavy (non-hydrogen) atoms. The number of carboxylic acid groups (broad SMARTS) is 1. The molecule has 0 saturated carbocycles. The first-order chi connectivity index (χ1) is 10.5. The molecule has 122 valence electrons. The van der Waals surface area contributed by atoms with E-state index in [2.05, 4.69) is 0 Å². The van der Waals surface area contributed by atoms with Crippen molar-refractivity contribution in [2.75, 3.05) is 19.8 Å². The molecule has 6 heteroatoms. The standard InChI is InChI=1S/C16H23NO5/c1-4-17(16(3,14(18)19)12-21-5-2)15(20)22-11-13-9-7-6-8-10-13/h6-10H,4-5,11-12H2,1-3H3,(H,18,19). The maximum atomic E-state index is 12.2. The van der Waals surface area contributed by atoms with Crippen molar-refractivity contribution < 1.29 is 24.2 Å². The minimum Gasteiger partial charge on any atom is -0.479 e. The highest BCUT2D eigenvalue weighted by atomic mass is 16.6. The van der Waals surface area contributed by atoms with Gasteiger partial charge in [0.15, 0.2) is 5.54 Å². The quantitative estimate of drug-likeness (QED) is 0.798. The average Bonchev–Trinajstić information content (AvgIpc) is 2.52. The minimum atomic E-state index is -1.46. The van der Waals surface area contributed by atoms with Crippen LogP contribution in [0.2, 0.25) is 0 Å². The van der Waals surface area contributed by atoms with Gasteiger partial charge in [0.25, 0.3) is 0 Å². The molecule has 0 aliphatic rings. The number of amides is 1. The summed E-state index contributed by atoms with van der Waals surface area (Å²) in [6.45, 7) is 5.53. The summed E-state index contributed by atoms with van der Waals surface area (Å²) >= 11 is 0. The number of carbonyl (C=O) groups excluding carboxylic acids is 1. The molecular formula is C16H23NO5. The monoisotopic (exact) mass is 309 g/mol. The van der Waals surface area contributed by atoms with Gasteiger partial charge in [0, 0.05) is 13.2 Å². The summed E-state index contributed by atoms with van der Waals surface area (Å²) < 4.78 is 10.5. The van der Waals surface area contributed by atoms with E-state index in [1.807, 2.05) is 30.3 Å². The fraction of sp³-hybridized carbons (Fsp3) is 0.500. The predicted molar refractivity (Wildman–Crippen MR) is 81.5 cm³/mol. The summed E-state index contributed by atoms with van der Waals surface area (Å²) in [6, 6.07) is 9.22. The van der Waals surface area contributed by atoms with E-state index in [1.54, 1.807) is 13.8 Å². The highest BCUT2D eigenvalue weighted by Gasteiger charge is 2.43. The van der Waals surface area contributed by atoms with E-state index in [4.69, 9.17) is 9.47 Å². The molecule has 1 N–H and O–H groups in total. The second kappa shape index (κ2) is 8.38. The van der Waals surface area contributed by atoms with E-state index >= 15 is 0 Å². The van der Waals surface area contributed by atoms with Gasteiger partial charge < -0.3 is 14.6 Å². The number of hydrogen-bond acceptors (Lipinski definition) is 4. The van der Waals surface area contributed by atoms with Crippen LogP contribution in [-0.2, 0) is 20.9 Å². The van der Waals surface area contributed by atoms with Crippen LogP contribution in [0.5, 0.6) is 0 Å². The number of rotatable bonds is 8. The van der Waals surface area contributed by atoms with Crippen LogP contribution in [0.1, 0.15) is 26.3 Å². The van der Waals surface area contributed by atoms with Crippen molar-refractivity contribution in [1.29, 1.82) is 0 Å². The third-order valence-electron chi connectivity index (χ3n) is 3.39. The van der Waals surface area contributed by atoms with Crippen molar-refractivity contribution in [3.63, 3.8) is 0 Å². The number of benzene rings is 1. The van der Waals surface area contributed by atoms with E-state index in [9.17, 15) is 14.7 Å². The van der Waals surface area contributed by atoms with Crippen molar-refractivity contribution in [2.45, 2.75) is 32.9 Å². The van der Waals surface area contributed by atoms with Crippen LogP contribution in [0.3, 0.4) is 0 Å². The normalized spacial score (nSPS) is 13.2. The van der Waals surface area contributed by atoms with Crippen molar-refractivity contribution in [1.82, 2.24) is 4.90 Å². The molecule has 0 spiro atoms. The number of likely N-dealkylation sites (N-methyl/N-ethyl adjacent to an activating group) is 1. The van der Waals surface area contributed by atoms with Crippen LogP contribution < -0.4 is 0 Å². The summed E-state index contributed by atoms with van der Waals surface area (Å²) in [4.78, 5) is 25.0. The molecule has 0 aromatic heterocycles. The molecule has 0 bridgehead atoms. The molecule has 0 saturated heterocycles. The molecular weight excluding hydrogens is 286 g/mol. The second-order valence-electron chi connectivity index (χ2n) is 5.00. The topological polar surface area (TPSA) is 76.1 Å². The van der Waals surface area contributed by atoms with Crippen molar-refractivity contribution in [3.8, 4) is 0 Å². The number of nitrogens with zero attached hydrogens (tertiary/aromatic N) is 1. The summed E-state index contributed by atoms with van der Waals surface area (Å²) in [5.41, 5.74) is -0.618. The predicted octanol–water partition coefficient (Wildman–Crippen LogP) is 2.52. The molecule has 1 amide bonds. The molecule has 0 aliphatic carbocycles. The molecule has 0 heterocycles. The first-order valence-electron chi connectivity index (χ1n) is 7.25. The zero-order valence-corrected chi connectivity index (χ0v) is 13.2. The Kier molecular flexibility index (Phi) is 6.85. The van der Waals surface area contributed by atoms with Gasteiger partial charge in [-0.2, -0.15) is 0 Å². The fourth-order valence-electron chi connectivity index (χ4n) is 2.03. The van der Waals surface area contributed by atoms with Gasteiger partial charge in [0.05, 0.1) is 6.61 Å². The van der Waals surface area contributed by atoms with Gasteiger partial charge in [0.1, 0.15) is 6.61 Å². The Balaban J connectivity index is 2.78. The highest BCUT2D eigenvalue weighted by molar-refractivity contribution is 5.84. The Hall–Kier alpha value is -2.08. The lowest BCUT2D eigenvalue weighted by Crippen LogP contribution is -2.58. The minimum absolute atomic E-state index is 0.0902. The largest absolute Gasteiger partial charge is 0.479 e. The van der Waals surface area contributed by atoms with Crippen LogP contribution in [0, 0.1) is 0 Å². The van der Waals surface area contributed by atoms with Crippen LogP contribution >= 0.6 is 0 Å². The summed E-state index contributed by atoms with van der Waals surface area (Å²) in [5.74, 6) is -1.13. The van der Waals surface area contributed by atoms with Crippen LogP contribution in [0.15, 0.2) is 30.3 Å². The zero-order valence-electron chi connectivity index (χ0n) is 13.2. The molecule has 1 aromatic rings. The number of ether oxygens (including phenoxy) is 2. The smallest absolute Gasteiger partial charge is 0.411 e. The Bertz CT molecular complexity index is 491. The summed E-state index contributed by atoms with van der Waals surface area (Å²) in [5, 5.41) is 9.47. The van der Waals surface area contributed by atoms with Crippen molar-refractivity contribution in [3.05, 3.63) is 35.9 Å². The van der Waals surface area contributed by atoms with E-state index in [0.717, 1.165) is 5.56 Å². The van der Waals surface area contributed by atoms with Gasteiger partial charge in [-0.05, 0) is 26.3 Å². The van der Waals surface area contributed by atoms with E-state index in [-0.39, 0.29) is 19.8 Å². The third kappa shape index (κ3) is 4.46. The van der Waals surface area contributed by atoms with Crippen LogP contribution in [-0.4, -0.2) is 47.4 Å². The number of carboxylic acids is 1.